The molecule has 0 radical (unpaired) electrons. The van der Waals surface area contributed by atoms with Gasteiger partial charge in [0.15, 0.2) is 5.56 Å². The predicted octanol–water partition coefficient (Wildman–Crippen LogP) is 2.18. The number of carbonyl (C=O) groups is 1. The molecular weight excluding hydrogens is 256 g/mol. The average Bonchev–Trinajstić information content (AvgIpc) is 2.74. The summed E-state index contributed by atoms with van der Waals surface area (Å²) in [7, 11) is 1.62. The normalized spacial score (nSPS) is 10.5. The second-order valence-electron chi connectivity index (χ2n) is 4.58. The monoisotopic (exact) mass is 274 g/mol. The Morgan fingerprint density at radius 1 is 1.30 bits per heavy atom. The lowest BCUT2D eigenvalue weighted by Gasteiger charge is -2.05. The van der Waals surface area contributed by atoms with E-state index in [0.29, 0.717) is 12.2 Å². The number of unbranched alkanes of at least 4 members (excludes halogenated alkanes) is 1. The molecule has 0 saturated carbocycles. The lowest BCUT2D eigenvalue weighted by atomic mass is 10.1. The van der Waals surface area contributed by atoms with Gasteiger partial charge in [-0.05, 0) is 6.42 Å². The van der Waals surface area contributed by atoms with Crippen LogP contribution in [-0.2, 0) is 7.05 Å². The highest BCUT2D eigenvalue weighted by molar-refractivity contribution is 5.99. The van der Waals surface area contributed by atoms with E-state index in [1.54, 1.807) is 7.05 Å². The summed E-state index contributed by atoms with van der Waals surface area (Å²) in [4.78, 5) is 24.0. The summed E-state index contributed by atoms with van der Waals surface area (Å²) in [6.45, 7) is 2.59. The van der Waals surface area contributed by atoms with Crippen LogP contribution < -0.4 is 10.9 Å². The molecule has 0 aliphatic heterocycles. The number of hydrogen-bond donors (Lipinski definition) is 1. The molecule has 1 aromatic carbocycles. The third kappa shape index (κ3) is 2.82. The van der Waals surface area contributed by atoms with Crippen LogP contribution in [0.2, 0.25) is 0 Å². The maximum Gasteiger partial charge on any atom is 0.370 e. The maximum atomic E-state index is 12.2. The Labute approximate surface area is 117 Å². The lowest BCUT2D eigenvalue weighted by Crippen LogP contribution is -2.28. The van der Waals surface area contributed by atoms with Crippen molar-refractivity contribution in [3.8, 4) is 11.3 Å². The van der Waals surface area contributed by atoms with Crippen molar-refractivity contribution >= 4 is 5.91 Å². The molecule has 1 amide bonds. The molecule has 0 aliphatic rings. The first-order chi connectivity index (χ1) is 9.65. The Balaban J connectivity index is 2.38. The number of carbonyl (C=O) groups excluding carboxylic acids is 1. The molecule has 0 spiro atoms. The van der Waals surface area contributed by atoms with Gasteiger partial charge in [0, 0.05) is 19.2 Å². The van der Waals surface area contributed by atoms with E-state index in [4.69, 9.17) is 4.52 Å². The molecule has 0 bridgehead atoms. The molecule has 0 aliphatic carbocycles. The van der Waals surface area contributed by atoms with Crippen LogP contribution in [-0.4, -0.2) is 17.2 Å². The zero-order valence-corrected chi connectivity index (χ0v) is 11.7. The molecule has 0 unspecified atom stereocenters. The molecule has 2 rings (SSSR count). The van der Waals surface area contributed by atoms with Crippen LogP contribution in [0.5, 0.6) is 0 Å². The summed E-state index contributed by atoms with van der Waals surface area (Å²) in [5, 5.41) is 2.75. The zero-order valence-electron chi connectivity index (χ0n) is 11.7. The molecule has 0 saturated heterocycles. The number of hydrogen-bond acceptors (Lipinski definition) is 3. The summed E-state index contributed by atoms with van der Waals surface area (Å²) < 4.78 is 6.37. The predicted molar refractivity (Wildman–Crippen MR) is 76.6 cm³/mol. The first kappa shape index (κ1) is 14.1. The minimum Gasteiger partial charge on any atom is -0.352 e. The van der Waals surface area contributed by atoms with Crippen LogP contribution in [0.15, 0.2) is 39.6 Å². The lowest BCUT2D eigenvalue weighted by molar-refractivity contribution is 0.0951. The largest absolute Gasteiger partial charge is 0.370 e. The van der Waals surface area contributed by atoms with E-state index in [-0.39, 0.29) is 11.5 Å². The van der Waals surface area contributed by atoms with Crippen molar-refractivity contribution in [1.82, 2.24) is 10.1 Å². The fourth-order valence-corrected chi connectivity index (χ4v) is 2.06. The molecule has 20 heavy (non-hydrogen) atoms. The van der Waals surface area contributed by atoms with E-state index >= 15 is 0 Å². The molecule has 5 nitrogen and oxygen atoms in total. The van der Waals surface area contributed by atoms with E-state index in [1.165, 1.54) is 4.74 Å². The van der Waals surface area contributed by atoms with Gasteiger partial charge in [-0.25, -0.2) is 9.53 Å². The van der Waals surface area contributed by atoms with Crippen molar-refractivity contribution in [1.29, 1.82) is 0 Å². The van der Waals surface area contributed by atoms with E-state index in [0.717, 1.165) is 18.4 Å². The topological polar surface area (TPSA) is 64.2 Å². The Bertz CT molecular complexity index is 641. The van der Waals surface area contributed by atoms with Gasteiger partial charge in [-0.2, -0.15) is 0 Å². The quantitative estimate of drug-likeness (QED) is 0.850. The summed E-state index contributed by atoms with van der Waals surface area (Å²) in [6, 6.07) is 9.26. The van der Waals surface area contributed by atoms with E-state index < -0.39 is 5.63 Å². The van der Waals surface area contributed by atoms with Crippen molar-refractivity contribution in [3.63, 3.8) is 0 Å². The maximum absolute atomic E-state index is 12.2. The van der Waals surface area contributed by atoms with Gasteiger partial charge in [0.25, 0.3) is 5.91 Å². The number of rotatable bonds is 5. The molecular formula is C15H18N2O3. The first-order valence-corrected chi connectivity index (χ1v) is 6.69. The highest BCUT2D eigenvalue weighted by Gasteiger charge is 2.23. The first-order valence-electron chi connectivity index (χ1n) is 6.69. The molecule has 2 aromatic rings. The van der Waals surface area contributed by atoms with Gasteiger partial charge in [0.05, 0.1) is 0 Å². The summed E-state index contributed by atoms with van der Waals surface area (Å²) >= 11 is 0. The zero-order chi connectivity index (χ0) is 14.5. The second kappa shape index (κ2) is 6.23. The number of benzene rings is 1. The highest BCUT2D eigenvalue weighted by Crippen LogP contribution is 2.21. The van der Waals surface area contributed by atoms with Crippen molar-refractivity contribution in [3.05, 3.63) is 46.3 Å². The van der Waals surface area contributed by atoms with Gasteiger partial charge < -0.3 is 9.84 Å². The van der Waals surface area contributed by atoms with Gasteiger partial charge in [0.1, 0.15) is 5.69 Å². The van der Waals surface area contributed by atoms with E-state index in [2.05, 4.69) is 5.32 Å². The van der Waals surface area contributed by atoms with Crippen molar-refractivity contribution in [2.75, 3.05) is 6.54 Å². The van der Waals surface area contributed by atoms with Gasteiger partial charge in [-0.15, -0.1) is 0 Å². The Morgan fingerprint density at radius 2 is 2.00 bits per heavy atom. The van der Waals surface area contributed by atoms with Crippen LogP contribution in [0.1, 0.15) is 30.1 Å². The van der Waals surface area contributed by atoms with Crippen LogP contribution in [0, 0.1) is 0 Å². The Morgan fingerprint density at radius 3 is 2.65 bits per heavy atom. The second-order valence-corrected chi connectivity index (χ2v) is 4.58. The fourth-order valence-electron chi connectivity index (χ4n) is 2.06. The van der Waals surface area contributed by atoms with E-state index in [9.17, 15) is 9.59 Å². The van der Waals surface area contributed by atoms with Crippen molar-refractivity contribution < 1.29 is 9.32 Å². The fraction of sp³-hybridized carbons (Fsp3) is 0.333. The third-order valence-electron chi connectivity index (χ3n) is 3.07. The number of aryl methyl sites for hydroxylation is 1. The average molecular weight is 274 g/mol. The smallest absolute Gasteiger partial charge is 0.352 e. The Hall–Kier alpha value is -2.30. The number of amides is 1. The highest BCUT2D eigenvalue weighted by atomic mass is 16.5. The minimum absolute atomic E-state index is 0.0646. The molecule has 5 heteroatoms. The minimum atomic E-state index is -0.611. The standard InChI is InChI=1S/C15H18N2O3/c1-3-4-10-16-14(18)12-13(17(2)20-15(12)19)11-8-6-5-7-9-11/h5-9H,3-4,10H2,1-2H3,(H,16,18). The molecule has 1 heterocycles. The summed E-state index contributed by atoms with van der Waals surface area (Å²) in [6.07, 6.45) is 1.86. The summed E-state index contributed by atoms with van der Waals surface area (Å²) in [5.74, 6) is -0.383. The van der Waals surface area contributed by atoms with Crippen LogP contribution in [0.25, 0.3) is 11.3 Å². The van der Waals surface area contributed by atoms with Crippen molar-refractivity contribution in [2.45, 2.75) is 19.8 Å². The number of aromatic nitrogens is 1. The molecule has 1 aromatic heterocycles. The van der Waals surface area contributed by atoms with Gasteiger partial charge in [-0.3, -0.25) is 4.79 Å². The molecule has 106 valence electrons. The Kier molecular flexibility index (Phi) is 4.40. The summed E-state index contributed by atoms with van der Waals surface area (Å²) in [5.41, 5.74) is 0.737. The number of nitrogens with one attached hydrogen (secondary N) is 1. The van der Waals surface area contributed by atoms with Crippen LogP contribution >= 0.6 is 0 Å². The molecule has 0 fully saturated rings. The van der Waals surface area contributed by atoms with Gasteiger partial charge in [-0.1, -0.05) is 43.7 Å². The third-order valence-corrected chi connectivity index (χ3v) is 3.07. The van der Waals surface area contributed by atoms with Crippen LogP contribution in [0.4, 0.5) is 0 Å². The molecule has 0 atom stereocenters. The van der Waals surface area contributed by atoms with Crippen LogP contribution in [0.3, 0.4) is 0 Å². The van der Waals surface area contributed by atoms with Gasteiger partial charge >= 0.3 is 5.63 Å². The molecule has 1 N–H and O–H groups in total. The SMILES string of the molecule is CCCCNC(=O)c1c(-c2ccccc2)n(C)oc1=O. The van der Waals surface area contributed by atoms with Gasteiger partial charge in [0.2, 0.25) is 0 Å². The number of nitrogens with zero attached hydrogens (tertiary/aromatic N) is 1. The van der Waals surface area contributed by atoms with E-state index in [1.807, 2.05) is 37.3 Å². The van der Waals surface area contributed by atoms with Crippen molar-refractivity contribution in [2.24, 2.45) is 7.05 Å².